The highest BCUT2D eigenvalue weighted by Gasteiger charge is 2.32. The van der Waals surface area contributed by atoms with Crippen LogP contribution in [0.25, 0.3) is 0 Å². The number of aromatic nitrogens is 1. The van der Waals surface area contributed by atoms with E-state index in [4.69, 9.17) is 5.73 Å². The molecule has 0 aliphatic carbocycles. The molecule has 0 radical (unpaired) electrons. The number of nitrogens with zero attached hydrogens (tertiary/aromatic N) is 2. The average molecular weight is 233 g/mol. The van der Waals surface area contributed by atoms with E-state index in [1.54, 1.807) is 29.4 Å². The lowest BCUT2D eigenvalue weighted by Gasteiger charge is -2.22. The number of amides is 2. The van der Waals surface area contributed by atoms with Crippen molar-refractivity contribution in [2.24, 2.45) is 5.73 Å². The SMILES string of the molecule is NC(=O)C1CCCN1C(=O)Cc1ccncc1. The molecule has 1 aromatic rings. The molecule has 2 amide bonds. The molecule has 0 bridgehead atoms. The van der Waals surface area contributed by atoms with Crippen LogP contribution in [0.1, 0.15) is 18.4 Å². The van der Waals surface area contributed by atoms with Crippen LogP contribution < -0.4 is 5.73 Å². The second kappa shape index (κ2) is 4.95. The lowest BCUT2D eigenvalue weighted by Crippen LogP contribution is -2.44. The largest absolute Gasteiger partial charge is 0.368 e. The summed E-state index contributed by atoms with van der Waals surface area (Å²) in [5, 5.41) is 0. The van der Waals surface area contributed by atoms with Gasteiger partial charge in [0.2, 0.25) is 11.8 Å². The number of hydrogen-bond acceptors (Lipinski definition) is 3. The smallest absolute Gasteiger partial charge is 0.240 e. The number of carbonyl (C=O) groups excluding carboxylic acids is 2. The molecule has 2 N–H and O–H groups in total. The first-order chi connectivity index (χ1) is 8.18. The van der Waals surface area contributed by atoms with Gasteiger partial charge in [0.25, 0.3) is 0 Å². The quantitative estimate of drug-likeness (QED) is 0.804. The molecule has 1 atom stereocenters. The Hall–Kier alpha value is -1.91. The van der Waals surface area contributed by atoms with E-state index in [-0.39, 0.29) is 5.91 Å². The van der Waals surface area contributed by atoms with Gasteiger partial charge < -0.3 is 10.6 Å². The summed E-state index contributed by atoms with van der Waals surface area (Å²) in [7, 11) is 0. The van der Waals surface area contributed by atoms with Gasteiger partial charge in [-0.3, -0.25) is 14.6 Å². The standard InChI is InChI=1S/C12H15N3O2/c13-12(17)10-2-1-7-15(10)11(16)8-9-3-5-14-6-4-9/h3-6,10H,1-2,7-8H2,(H2,13,17). The van der Waals surface area contributed by atoms with Crippen LogP contribution in [0, 0.1) is 0 Å². The molecule has 90 valence electrons. The molecule has 1 fully saturated rings. The molecule has 5 nitrogen and oxygen atoms in total. The highest BCUT2D eigenvalue weighted by atomic mass is 16.2. The van der Waals surface area contributed by atoms with Gasteiger partial charge in [0, 0.05) is 18.9 Å². The molecule has 2 rings (SSSR count). The van der Waals surface area contributed by atoms with Crippen LogP contribution in [0.3, 0.4) is 0 Å². The van der Waals surface area contributed by atoms with E-state index in [1.165, 1.54) is 0 Å². The zero-order chi connectivity index (χ0) is 12.3. The summed E-state index contributed by atoms with van der Waals surface area (Å²) in [5.41, 5.74) is 6.18. The first-order valence-corrected chi connectivity index (χ1v) is 5.66. The Kier molecular flexibility index (Phi) is 3.37. The number of pyridine rings is 1. The van der Waals surface area contributed by atoms with Gasteiger partial charge in [0.05, 0.1) is 6.42 Å². The summed E-state index contributed by atoms with van der Waals surface area (Å²) in [4.78, 5) is 28.7. The highest BCUT2D eigenvalue weighted by Crippen LogP contribution is 2.18. The molecule has 17 heavy (non-hydrogen) atoms. The lowest BCUT2D eigenvalue weighted by molar-refractivity contribution is -0.136. The van der Waals surface area contributed by atoms with E-state index in [2.05, 4.69) is 4.98 Å². The Morgan fingerprint density at radius 2 is 2.12 bits per heavy atom. The van der Waals surface area contributed by atoms with Crippen molar-refractivity contribution in [2.45, 2.75) is 25.3 Å². The van der Waals surface area contributed by atoms with Crippen molar-refractivity contribution in [3.05, 3.63) is 30.1 Å². The molecule has 0 saturated carbocycles. The number of carbonyl (C=O) groups is 2. The van der Waals surface area contributed by atoms with Gasteiger partial charge in [-0.1, -0.05) is 0 Å². The fourth-order valence-electron chi connectivity index (χ4n) is 2.14. The minimum absolute atomic E-state index is 0.0440. The summed E-state index contributed by atoms with van der Waals surface area (Å²) < 4.78 is 0. The first-order valence-electron chi connectivity index (χ1n) is 5.66. The first kappa shape index (κ1) is 11.6. The van der Waals surface area contributed by atoms with Crippen molar-refractivity contribution in [3.8, 4) is 0 Å². The summed E-state index contributed by atoms with van der Waals surface area (Å²) in [5.74, 6) is -0.455. The molecule has 5 heteroatoms. The minimum atomic E-state index is -0.427. The van der Waals surface area contributed by atoms with Gasteiger partial charge in [-0.05, 0) is 30.5 Å². The van der Waals surface area contributed by atoms with Crippen LogP contribution >= 0.6 is 0 Å². The Morgan fingerprint density at radius 1 is 1.41 bits per heavy atom. The Labute approximate surface area is 99.6 Å². The van der Waals surface area contributed by atoms with Gasteiger partial charge in [-0.15, -0.1) is 0 Å². The van der Waals surface area contributed by atoms with Crippen molar-refractivity contribution in [3.63, 3.8) is 0 Å². The van der Waals surface area contributed by atoms with Crippen molar-refractivity contribution in [1.82, 2.24) is 9.88 Å². The van der Waals surface area contributed by atoms with Crippen molar-refractivity contribution in [2.75, 3.05) is 6.54 Å². The second-order valence-electron chi connectivity index (χ2n) is 4.18. The van der Waals surface area contributed by atoms with E-state index in [0.29, 0.717) is 19.4 Å². The maximum absolute atomic E-state index is 12.0. The highest BCUT2D eigenvalue weighted by molar-refractivity contribution is 5.88. The number of hydrogen-bond donors (Lipinski definition) is 1. The third-order valence-corrected chi connectivity index (χ3v) is 3.01. The van der Waals surface area contributed by atoms with E-state index in [9.17, 15) is 9.59 Å². The molecule has 0 spiro atoms. The average Bonchev–Trinajstić information content (AvgIpc) is 2.79. The summed E-state index contributed by atoms with van der Waals surface area (Å²) >= 11 is 0. The maximum atomic E-state index is 12.0. The number of primary amides is 1. The molecule has 1 aliphatic rings. The van der Waals surface area contributed by atoms with Gasteiger partial charge in [-0.25, -0.2) is 0 Å². The minimum Gasteiger partial charge on any atom is -0.368 e. The molecule has 1 aliphatic heterocycles. The maximum Gasteiger partial charge on any atom is 0.240 e. The van der Waals surface area contributed by atoms with Gasteiger partial charge in [0.15, 0.2) is 0 Å². The fraction of sp³-hybridized carbons (Fsp3) is 0.417. The van der Waals surface area contributed by atoms with Crippen molar-refractivity contribution >= 4 is 11.8 Å². The van der Waals surface area contributed by atoms with Crippen LogP contribution in [0.15, 0.2) is 24.5 Å². The van der Waals surface area contributed by atoms with Gasteiger partial charge in [-0.2, -0.15) is 0 Å². The monoisotopic (exact) mass is 233 g/mol. The molecular formula is C12H15N3O2. The van der Waals surface area contributed by atoms with E-state index in [1.807, 2.05) is 0 Å². The summed E-state index contributed by atoms with van der Waals surface area (Å²) in [6.45, 7) is 0.623. The van der Waals surface area contributed by atoms with Gasteiger partial charge in [0.1, 0.15) is 6.04 Å². The molecule has 1 unspecified atom stereocenters. The van der Waals surface area contributed by atoms with E-state index >= 15 is 0 Å². The Morgan fingerprint density at radius 3 is 2.76 bits per heavy atom. The van der Waals surface area contributed by atoms with Crippen LogP contribution in [0.4, 0.5) is 0 Å². The molecule has 1 saturated heterocycles. The Balaban J connectivity index is 2.03. The molecule has 2 heterocycles. The number of rotatable bonds is 3. The van der Waals surface area contributed by atoms with Crippen LogP contribution in [0.2, 0.25) is 0 Å². The zero-order valence-electron chi connectivity index (χ0n) is 9.50. The molecule has 0 aromatic carbocycles. The van der Waals surface area contributed by atoms with Crippen LogP contribution in [-0.2, 0) is 16.0 Å². The van der Waals surface area contributed by atoms with Gasteiger partial charge >= 0.3 is 0 Å². The third-order valence-electron chi connectivity index (χ3n) is 3.01. The van der Waals surface area contributed by atoms with Crippen molar-refractivity contribution in [1.29, 1.82) is 0 Å². The topological polar surface area (TPSA) is 76.3 Å². The second-order valence-corrected chi connectivity index (χ2v) is 4.18. The predicted molar refractivity (Wildman–Crippen MR) is 61.9 cm³/mol. The third kappa shape index (κ3) is 2.61. The summed E-state index contributed by atoms with van der Waals surface area (Å²) in [6.07, 6.45) is 5.12. The number of likely N-dealkylation sites (tertiary alicyclic amines) is 1. The fourth-order valence-corrected chi connectivity index (χ4v) is 2.14. The number of nitrogens with two attached hydrogens (primary N) is 1. The molecular weight excluding hydrogens is 218 g/mol. The van der Waals surface area contributed by atoms with Crippen LogP contribution in [0.5, 0.6) is 0 Å². The molecule has 1 aromatic heterocycles. The normalized spacial score (nSPS) is 19.3. The predicted octanol–water partition coefficient (Wildman–Crippen LogP) is 0.100. The Bertz CT molecular complexity index is 419. The zero-order valence-corrected chi connectivity index (χ0v) is 9.50. The lowest BCUT2D eigenvalue weighted by atomic mass is 10.1. The summed E-state index contributed by atoms with van der Waals surface area (Å²) in [6, 6.07) is 3.17. The van der Waals surface area contributed by atoms with E-state index < -0.39 is 11.9 Å². The van der Waals surface area contributed by atoms with E-state index in [0.717, 1.165) is 12.0 Å². The van der Waals surface area contributed by atoms with Crippen LogP contribution in [-0.4, -0.2) is 34.3 Å². The van der Waals surface area contributed by atoms with Crippen molar-refractivity contribution < 1.29 is 9.59 Å².